The number of aromatic nitrogens is 1. The van der Waals surface area contributed by atoms with Crippen LogP contribution >= 0.6 is 0 Å². The van der Waals surface area contributed by atoms with Crippen LogP contribution in [0.3, 0.4) is 0 Å². The normalized spacial score (nSPS) is 12.0. The van der Waals surface area contributed by atoms with Gasteiger partial charge in [0.05, 0.1) is 23.1 Å². The van der Waals surface area contributed by atoms with E-state index >= 15 is 0 Å². The fraction of sp³-hybridized carbons (Fsp3) is 0.154. The summed E-state index contributed by atoms with van der Waals surface area (Å²) in [6.07, 6.45) is -9.20. The zero-order valence-electron chi connectivity index (χ0n) is 18.8. The zero-order chi connectivity index (χ0) is 26.1. The number of anilines is 3. The molecule has 1 heterocycles. The highest BCUT2D eigenvalue weighted by atomic mass is 19.4. The van der Waals surface area contributed by atoms with E-state index in [0.29, 0.717) is 22.4 Å². The number of fused-ring (bicyclic) bond motifs is 1. The lowest BCUT2D eigenvalue weighted by Gasteiger charge is -2.13. The van der Waals surface area contributed by atoms with Crippen LogP contribution in [-0.2, 0) is 23.6 Å². The van der Waals surface area contributed by atoms with Crippen molar-refractivity contribution in [2.45, 2.75) is 25.7 Å². The summed E-state index contributed by atoms with van der Waals surface area (Å²) in [5.74, 6) is -0.136. The third kappa shape index (κ3) is 5.94. The van der Waals surface area contributed by atoms with Gasteiger partial charge in [0.25, 0.3) is 0 Å². The SMILES string of the molecule is Cc1cc(Nc2cccc(C(F)(F)F)c2)nc2ccc(NC(=O)Cc3cccc(C(F)(F)F)c3)cc12. The Labute approximate surface area is 202 Å². The Hall–Kier alpha value is -4.08. The second-order valence-corrected chi connectivity index (χ2v) is 8.18. The number of nitrogens with zero attached hydrogens (tertiary/aromatic N) is 1. The maximum atomic E-state index is 13.0. The number of halogens is 6. The fourth-order valence-corrected chi connectivity index (χ4v) is 3.71. The molecular weight excluding hydrogens is 484 g/mol. The molecule has 36 heavy (non-hydrogen) atoms. The first-order valence-corrected chi connectivity index (χ1v) is 10.7. The molecule has 186 valence electrons. The van der Waals surface area contributed by atoms with Crippen LogP contribution in [0.25, 0.3) is 10.9 Å². The van der Waals surface area contributed by atoms with Crippen LogP contribution < -0.4 is 10.6 Å². The minimum atomic E-state index is -4.50. The van der Waals surface area contributed by atoms with E-state index in [1.54, 1.807) is 31.2 Å². The number of carbonyl (C=O) groups is 1. The van der Waals surface area contributed by atoms with Crippen molar-refractivity contribution < 1.29 is 31.1 Å². The van der Waals surface area contributed by atoms with Gasteiger partial charge < -0.3 is 10.6 Å². The molecule has 3 aromatic carbocycles. The Bertz CT molecular complexity index is 1430. The maximum Gasteiger partial charge on any atom is 0.416 e. The summed E-state index contributed by atoms with van der Waals surface area (Å²) < 4.78 is 77.6. The molecule has 0 aliphatic heterocycles. The molecule has 0 aliphatic carbocycles. The standard InChI is InChI=1S/C26H19F6N3O/c1-15-10-23(33-19-7-3-6-18(13-19)26(30,31)32)35-22-9-8-20(14-21(15)22)34-24(36)12-16-4-2-5-17(11-16)25(27,28)29/h2-11,13-14H,12H2,1H3,(H,33,35)(H,34,36). The van der Waals surface area contributed by atoms with E-state index in [-0.39, 0.29) is 17.7 Å². The highest BCUT2D eigenvalue weighted by Gasteiger charge is 2.31. The monoisotopic (exact) mass is 503 g/mol. The van der Waals surface area contributed by atoms with Crippen LogP contribution in [0.1, 0.15) is 22.3 Å². The molecule has 4 nitrogen and oxygen atoms in total. The number of hydrogen-bond donors (Lipinski definition) is 2. The van der Waals surface area contributed by atoms with Gasteiger partial charge in [-0.05, 0) is 66.6 Å². The average Bonchev–Trinajstić information content (AvgIpc) is 2.79. The Morgan fingerprint density at radius 2 is 1.47 bits per heavy atom. The van der Waals surface area contributed by atoms with E-state index in [9.17, 15) is 31.1 Å². The zero-order valence-corrected chi connectivity index (χ0v) is 18.8. The van der Waals surface area contributed by atoms with E-state index in [1.165, 1.54) is 24.3 Å². The molecule has 4 aromatic rings. The van der Waals surface area contributed by atoms with E-state index in [1.807, 2.05) is 0 Å². The summed E-state index contributed by atoms with van der Waals surface area (Å²) in [5, 5.41) is 6.25. The maximum absolute atomic E-state index is 13.0. The third-order valence-corrected chi connectivity index (χ3v) is 5.38. The number of alkyl halides is 6. The first kappa shape index (κ1) is 25.0. The predicted molar refractivity (Wildman–Crippen MR) is 125 cm³/mol. The van der Waals surface area contributed by atoms with Crippen molar-refractivity contribution in [3.05, 3.63) is 95.1 Å². The molecule has 0 aliphatic rings. The van der Waals surface area contributed by atoms with E-state index < -0.39 is 29.4 Å². The van der Waals surface area contributed by atoms with Crippen LogP contribution in [0.15, 0.2) is 72.8 Å². The number of nitrogens with one attached hydrogen (secondary N) is 2. The predicted octanol–water partition coefficient (Wildman–Crippen LogP) is 7.51. The third-order valence-electron chi connectivity index (χ3n) is 5.38. The van der Waals surface area contributed by atoms with Gasteiger partial charge in [0.2, 0.25) is 5.91 Å². The first-order chi connectivity index (χ1) is 16.9. The molecule has 2 N–H and O–H groups in total. The Kier molecular flexibility index (Phi) is 6.62. The van der Waals surface area contributed by atoms with Gasteiger partial charge in [0.1, 0.15) is 5.82 Å². The van der Waals surface area contributed by atoms with Crippen molar-refractivity contribution in [3.8, 4) is 0 Å². The number of pyridine rings is 1. The van der Waals surface area contributed by atoms with Crippen LogP contribution in [0, 0.1) is 6.92 Å². The van der Waals surface area contributed by atoms with Crippen LogP contribution in [0.2, 0.25) is 0 Å². The molecule has 0 unspecified atom stereocenters. The van der Waals surface area contributed by atoms with Gasteiger partial charge in [-0.1, -0.05) is 24.3 Å². The van der Waals surface area contributed by atoms with E-state index in [0.717, 1.165) is 29.8 Å². The topological polar surface area (TPSA) is 54.0 Å². The molecule has 10 heteroatoms. The summed E-state index contributed by atoms with van der Waals surface area (Å²) in [5.41, 5.74) is 0.581. The largest absolute Gasteiger partial charge is 0.416 e. The van der Waals surface area contributed by atoms with E-state index in [4.69, 9.17) is 0 Å². The lowest BCUT2D eigenvalue weighted by atomic mass is 10.1. The Morgan fingerprint density at radius 1 is 0.806 bits per heavy atom. The van der Waals surface area contributed by atoms with E-state index in [2.05, 4.69) is 15.6 Å². The van der Waals surface area contributed by atoms with Gasteiger partial charge in [-0.3, -0.25) is 4.79 Å². The molecule has 0 fully saturated rings. The Morgan fingerprint density at radius 3 is 2.17 bits per heavy atom. The van der Waals surface area contributed by atoms with Crippen molar-refractivity contribution in [2.24, 2.45) is 0 Å². The lowest BCUT2D eigenvalue weighted by molar-refractivity contribution is -0.138. The number of amides is 1. The number of aryl methyl sites for hydroxylation is 1. The quantitative estimate of drug-likeness (QED) is 0.277. The number of benzene rings is 3. The van der Waals surface area contributed by atoms with Crippen molar-refractivity contribution in [1.29, 1.82) is 0 Å². The molecule has 0 radical (unpaired) electrons. The summed E-state index contributed by atoms with van der Waals surface area (Å²) in [4.78, 5) is 16.9. The number of hydrogen-bond acceptors (Lipinski definition) is 3. The molecule has 0 atom stereocenters. The highest BCUT2D eigenvalue weighted by Crippen LogP contribution is 2.32. The van der Waals surface area contributed by atoms with Crippen molar-refractivity contribution in [3.63, 3.8) is 0 Å². The Balaban J connectivity index is 1.50. The van der Waals surface area contributed by atoms with Crippen molar-refractivity contribution >= 4 is 34.0 Å². The smallest absolute Gasteiger partial charge is 0.340 e. The minimum absolute atomic E-state index is 0.228. The molecule has 0 spiro atoms. The van der Waals surface area contributed by atoms with Gasteiger partial charge in [-0.2, -0.15) is 26.3 Å². The van der Waals surface area contributed by atoms with Crippen LogP contribution in [0.4, 0.5) is 43.5 Å². The van der Waals surface area contributed by atoms with Crippen LogP contribution in [-0.4, -0.2) is 10.9 Å². The van der Waals surface area contributed by atoms with Gasteiger partial charge in [0.15, 0.2) is 0 Å². The van der Waals surface area contributed by atoms with Gasteiger partial charge in [-0.15, -0.1) is 0 Å². The highest BCUT2D eigenvalue weighted by molar-refractivity contribution is 5.95. The minimum Gasteiger partial charge on any atom is -0.340 e. The van der Waals surface area contributed by atoms with Crippen molar-refractivity contribution in [1.82, 2.24) is 4.98 Å². The molecule has 0 saturated carbocycles. The summed E-state index contributed by atoms with van der Waals surface area (Å²) in [6, 6.07) is 15.9. The molecule has 0 saturated heterocycles. The van der Waals surface area contributed by atoms with Gasteiger partial charge in [0, 0.05) is 16.8 Å². The summed E-state index contributed by atoms with van der Waals surface area (Å²) in [6.45, 7) is 1.79. The number of rotatable bonds is 5. The van der Waals surface area contributed by atoms with Gasteiger partial charge in [-0.25, -0.2) is 4.98 Å². The molecule has 4 rings (SSSR count). The molecular formula is C26H19F6N3O. The first-order valence-electron chi connectivity index (χ1n) is 10.7. The molecule has 0 bridgehead atoms. The second-order valence-electron chi connectivity index (χ2n) is 8.18. The number of carbonyl (C=O) groups excluding carboxylic acids is 1. The van der Waals surface area contributed by atoms with Crippen molar-refractivity contribution in [2.75, 3.05) is 10.6 Å². The second kappa shape index (κ2) is 9.52. The summed E-state index contributed by atoms with van der Waals surface area (Å²) in [7, 11) is 0. The molecule has 1 amide bonds. The average molecular weight is 503 g/mol. The fourth-order valence-electron chi connectivity index (χ4n) is 3.71. The summed E-state index contributed by atoms with van der Waals surface area (Å²) >= 11 is 0. The van der Waals surface area contributed by atoms with Crippen LogP contribution in [0.5, 0.6) is 0 Å². The van der Waals surface area contributed by atoms with Gasteiger partial charge >= 0.3 is 12.4 Å². The lowest BCUT2D eigenvalue weighted by Crippen LogP contribution is -2.15. The molecule has 1 aromatic heterocycles.